The molecule has 0 aromatic heterocycles. The van der Waals surface area contributed by atoms with Crippen LogP contribution >= 0.6 is 11.6 Å². The Labute approximate surface area is 200 Å². The molecule has 2 aromatic carbocycles. The van der Waals surface area contributed by atoms with E-state index in [1.807, 2.05) is 13.8 Å². The van der Waals surface area contributed by atoms with Crippen molar-refractivity contribution in [2.75, 3.05) is 29.6 Å². The van der Waals surface area contributed by atoms with Crippen molar-refractivity contribution in [2.24, 2.45) is 0 Å². The zero-order valence-corrected chi connectivity index (χ0v) is 20.3. The molecule has 0 radical (unpaired) electrons. The van der Waals surface area contributed by atoms with E-state index in [1.54, 1.807) is 0 Å². The molecule has 2 aromatic rings. The molecule has 0 bridgehead atoms. The number of amides is 1. The van der Waals surface area contributed by atoms with Gasteiger partial charge in [-0.3, -0.25) is 4.79 Å². The minimum Gasteiger partial charge on any atom is -0.384 e. The van der Waals surface area contributed by atoms with Gasteiger partial charge in [0.05, 0.1) is 25.9 Å². The minimum atomic E-state index is -4.81. The highest BCUT2D eigenvalue weighted by atomic mass is 35.5. The van der Waals surface area contributed by atoms with Crippen molar-refractivity contribution in [3.8, 4) is 0 Å². The Kier molecular flexibility index (Phi) is 8.57. The van der Waals surface area contributed by atoms with E-state index in [2.05, 4.69) is 5.32 Å². The SMILES string of the molecule is CC.CS(=N)(=O)c1cccc(N2CCC(F)(F)CCNc3cc(C(F)(F)F)c(Cl)cc3C2=O)c1. The van der Waals surface area contributed by atoms with Crippen LogP contribution in [0.4, 0.5) is 33.3 Å². The first kappa shape index (κ1) is 27.8. The average molecular weight is 526 g/mol. The summed E-state index contributed by atoms with van der Waals surface area (Å²) in [7, 11) is -3.17. The van der Waals surface area contributed by atoms with E-state index in [0.29, 0.717) is 6.07 Å². The number of carbonyl (C=O) groups is 1. The van der Waals surface area contributed by atoms with Gasteiger partial charge in [-0.05, 0) is 30.3 Å². The summed E-state index contributed by atoms with van der Waals surface area (Å²) in [5.41, 5.74) is -1.60. The van der Waals surface area contributed by atoms with E-state index >= 15 is 0 Å². The van der Waals surface area contributed by atoms with E-state index in [4.69, 9.17) is 16.4 Å². The molecule has 34 heavy (non-hydrogen) atoms. The second-order valence-electron chi connectivity index (χ2n) is 7.46. The summed E-state index contributed by atoms with van der Waals surface area (Å²) in [5.74, 6) is -4.04. The molecule has 1 heterocycles. The number of hydrogen-bond acceptors (Lipinski definition) is 4. The molecule has 1 aliphatic rings. The molecule has 0 saturated heterocycles. The Morgan fingerprint density at radius 1 is 1.15 bits per heavy atom. The molecule has 1 unspecified atom stereocenters. The number of hydrogen-bond donors (Lipinski definition) is 2. The molecular formula is C22H25ClF5N3O2S. The van der Waals surface area contributed by atoms with Gasteiger partial charge in [0.2, 0.25) is 0 Å². The molecule has 12 heteroatoms. The largest absolute Gasteiger partial charge is 0.417 e. The van der Waals surface area contributed by atoms with Gasteiger partial charge in [0.1, 0.15) is 0 Å². The molecule has 0 aliphatic carbocycles. The zero-order valence-electron chi connectivity index (χ0n) is 18.7. The number of halogens is 6. The van der Waals surface area contributed by atoms with Crippen LogP contribution in [0.15, 0.2) is 41.3 Å². The van der Waals surface area contributed by atoms with Gasteiger partial charge in [-0.1, -0.05) is 31.5 Å². The van der Waals surface area contributed by atoms with E-state index in [1.165, 1.54) is 30.5 Å². The fourth-order valence-electron chi connectivity index (χ4n) is 3.28. The molecular weight excluding hydrogens is 501 g/mol. The van der Waals surface area contributed by atoms with E-state index < -0.39 is 57.7 Å². The molecule has 3 rings (SSSR count). The van der Waals surface area contributed by atoms with Crippen molar-refractivity contribution in [1.29, 1.82) is 4.78 Å². The predicted octanol–water partition coefficient (Wildman–Crippen LogP) is 6.91. The van der Waals surface area contributed by atoms with Crippen molar-refractivity contribution >= 4 is 38.6 Å². The molecule has 0 fully saturated rings. The summed E-state index contributed by atoms with van der Waals surface area (Å²) in [5, 5.41) is 1.80. The quantitative estimate of drug-likeness (QED) is 0.418. The lowest BCUT2D eigenvalue weighted by molar-refractivity contribution is -0.137. The van der Waals surface area contributed by atoms with Crippen LogP contribution in [0, 0.1) is 4.78 Å². The van der Waals surface area contributed by atoms with Gasteiger partial charge in [-0.25, -0.2) is 17.8 Å². The van der Waals surface area contributed by atoms with Gasteiger partial charge in [0, 0.05) is 48.5 Å². The summed E-state index contributed by atoms with van der Waals surface area (Å²) in [6, 6.07) is 7.00. The van der Waals surface area contributed by atoms with Crippen molar-refractivity contribution < 1.29 is 31.0 Å². The zero-order chi connectivity index (χ0) is 25.9. The summed E-state index contributed by atoms with van der Waals surface area (Å²) in [4.78, 5) is 14.4. The number of carbonyl (C=O) groups excluding carboxylic acids is 1. The van der Waals surface area contributed by atoms with Crippen molar-refractivity contribution in [3.05, 3.63) is 52.5 Å². The van der Waals surface area contributed by atoms with Crippen molar-refractivity contribution in [2.45, 2.75) is 43.7 Å². The van der Waals surface area contributed by atoms with Crippen molar-refractivity contribution in [3.63, 3.8) is 0 Å². The Hall–Kier alpha value is -2.40. The lowest BCUT2D eigenvalue weighted by atomic mass is 10.0. The predicted molar refractivity (Wildman–Crippen MR) is 124 cm³/mol. The van der Waals surface area contributed by atoms with Crippen LogP contribution in [0.2, 0.25) is 5.02 Å². The van der Waals surface area contributed by atoms with E-state index in [9.17, 15) is 31.0 Å². The highest BCUT2D eigenvalue weighted by molar-refractivity contribution is 7.91. The van der Waals surface area contributed by atoms with Crippen LogP contribution in [0.5, 0.6) is 0 Å². The number of nitrogens with one attached hydrogen (secondary N) is 2. The van der Waals surface area contributed by atoms with Gasteiger partial charge in [-0.2, -0.15) is 13.2 Å². The first-order chi connectivity index (χ1) is 15.7. The summed E-state index contributed by atoms with van der Waals surface area (Å²) in [6.07, 6.45) is -4.99. The second kappa shape index (κ2) is 10.5. The Bertz CT molecular complexity index is 1150. The van der Waals surface area contributed by atoms with Crippen LogP contribution in [0.25, 0.3) is 0 Å². The molecule has 5 nitrogen and oxygen atoms in total. The van der Waals surface area contributed by atoms with Crippen LogP contribution < -0.4 is 10.2 Å². The van der Waals surface area contributed by atoms with Gasteiger partial charge in [0.25, 0.3) is 11.8 Å². The molecule has 1 amide bonds. The summed E-state index contributed by atoms with van der Waals surface area (Å²) < 4.78 is 88.3. The third kappa shape index (κ3) is 6.59. The molecule has 188 valence electrons. The molecule has 0 spiro atoms. The third-order valence-electron chi connectivity index (χ3n) is 4.97. The highest BCUT2D eigenvalue weighted by Crippen LogP contribution is 2.39. The molecule has 1 aliphatic heterocycles. The smallest absolute Gasteiger partial charge is 0.384 e. The van der Waals surface area contributed by atoms with E-state index in [0.717, 1.165) is 11.0 Å². The van der Waals surface area contributed by atoms with Gasteiger partial charge < -0.3 is 10.2 Å². The Morgan fingerprint density at radius 3 is 2.38 bits per heavy atom. The lowest BCUT2D eigenvalue weighted by Crippen LogP contribution is -2.37. The van der Waals surface area contributed by atoms with Crippen LogP contribution in [0.3, 0.4) is 0 Å². The normalized spacial score (nSPS) is 18.0. The van der Waals surface area contributed by atoms with E-state index in [-0.39, 0.29) is 28.4 Å². The topological polar surface area (TPSA) is 73.3 Å². The first-order valence-corrected chi connectivity index (χ1v) is 12.7. The van der Waals surface area contributed by atoms with Gasteiger partial charge in [-0.15, -0.1) is 0 Å². The first-order valence-electron chi connectivity index (χ1n) is 10.4. The Balaban J connectivity index is 0.00000199. The minimum absolute atomic E-state index is 0.0791. The van der Waals surface area contributed by atoms with Crippen molar-refractivity contribution in [1.82, 2.24) is 0 Å². The number of fused-ring (bicyclic) bond motifs is 1. The fraction of sp³-hybridized carbons (Fsp3) is 0.409. The van der Waals surface area contributed by atoms with Crippen LogP contribution in [-0.2, 0) is 15.9 Å². The van der Waals surface area contributed by atoms with Crippen LogP contribution in [-0.4, -0.2) is 35.4 Å². The monoisotopic (exact) mass is 525 g/mol. The fourth-order valence-corrected chi connectivity index (χ4v) is 4.24. The number of alkyl halides is 5. The standard InChI is InChI=1S/C20H19ClF5N3O2S.C2H6/c1-32(27,31)13-4-2-3-12(9-13)29-8-6-19(22,23)5-7-28-17-11-15(20(24,25)26)16(21)10-14(17)18(29)30;1-2/h2-4,9-11,27-28H,5-8H2,1H3;1-2H3. The summed E-state index contributed by atoms with van der Waals surface area (Å²) in [6.45, 7) is 3.20. The number of nitrogens with zero attached hydrogens (tertiary/aromatic N) is 1. The average Bonchev–Trinajstić information content (AvgIpc) is 2.74. The molecule has 2 N–H and O–H groups in total. The molecule has 1 atom stereocenters. The maximum Gasteiger partial charge on any atom is 0.417 e. The van der Waals surface area contributed by atoms with Crippen LogP contribution in [0.1, 0.15) is 42.6 Å². The number of anilines is 2. The maximum atomic E-state index is 14.3. The van der Waals surface area contributed by atoms with Gasteiger partial charge >= 0.3 is 6.18 Å². The summed E-state index contributed by atoms with van der Waals surface area (Å²) >= 11 is 5.80. The number of benzene rings is 2. The second-order valence-corrected chi connectivity index (χ2v) is 10.0. The third-order valence-corrected chi connectivity index (χ3v) is 6.44. The van der Waals surface area contributed by atoms with Gasteiger partial charge in [0.15, 0.2) is 0 Å². The number of rotatable bonds is 2. The lowest BCUT2D eigenvalue weighted by Gasteiger charge is -2.29. The highest BCUT2D eigenvalue weighted by Gasteiger charge is 2.37. The Morgan fingerprint density at radius 2 is 1.79 bits per heavy atom. The molecule has 0 saturated carbocycles. The maximum absolute atomic E-state index is 14.3.